The van der Waals surface area contributed by atoms with Crippen LogP contribution in [0.15, 0.2) is 84.2 Å². The lowest BCUT2D eigenvalue weighted by atomic mass is 9.93. The van der Waals surface area contributed by atoms with Crippen LogP contribution in [0, 0.1) is 0 Å². The number of hydrogen-bond donors (Lipinski definition) is 1. The summed E-state index contributed by atoms with van der Waals surface area (Å²) in [7, 11) is 0. The van der Waals surface area contributed by atoms with Gasteiger partial charge in [-0.1, -0.05) is 42.5 Å². The number of fused-ring (bicyclic) bond motifs is 3. The van der Waals surface area contributed by atoms with Crippen molar-refractivity contribution in [2.45, 2.75) is 44.8 Å². The molecule has 0 spiro atoms. The molecule has 0 aliphatic heterocycles. The van der Waals surface area contributed by atoms with Gasteiger partial charge in [0.1, 0.15) is 4.83 Å². The highest BCUT2D eigenvalue weighted by Crippen LogP contribution is 2.33. The molecular weight excluding hydrogens is 454 g/mol. The second-order valence-corrected chi connectivity index (χ2v) is 10.2. The van der Waals surface area contributed by atoms with Gasteiger partial charge in [0, 0.05) is 36.4 Å². The van der Waals surface area contributed by atoms with Crippen molar-refractivity contribution in [1.29, 1.82) is 0 Å². The first-order chi connectivity index (χ1) is 17.2. The zero-order valence-corrected chi connectivity index (χ0v) is 20.2. The van der Waals surface area contributed by atoms with E-state index in [2.05, 4.69) is 51.8 Å². The molecule has 1 atom stereocenters. The smallest absolute Gasteiger partial charge is 0.262 e. The van der Waals surface area contributed by atoms with E-state index in [0.717, 1.165) is 48.1 Å². The Morgan fingerprint density at radius 1 is 1.06 bits per heavy atom. The first kappa shape index (κ1) is 21.9. The summed E-state index contributed by atoms with van der Waals surface area (Å²) < 4.78 is 3.66. The number of nitrogens with one attached hydrogen (secondary N) is 1. The Kier molecular flexibility index (Phi) is 6.02. The molecule has 0 saturated heterocycles. The third-order valence-electron chi connectivity index (χ3n) is 6.79. The van der Waals surface area contributed by atoms with Crippen LogP contribution in [0.4, 0.5) is 0 Å². The zero-order valence-electron chi connectivity index (χ0n) is 19.4. The van der Waals surface area contributed by atoms with E-state index in [4.69, 9.17) is 0 Å². The van der Waals surface area contributed by atoms with Gasteiger partial charge < -0.3 is 5.32 Å². The highest BCUT2D eigenvalue weighted by molar-refractivity contribution is 7.18. The zero-order chi connectivity index (χ0) is 23.6. The summed E-state index contributed by atoms with van der Waals surface area (Å²) in [6.45, 7) is 1.46. The Bertz CT molecular complexity index is 1500. The minimum absolute atomic E-state index is 0.102. The molecule has 5 aromatic rings. The molecule has 1 unspecified atom stereocenters. The highest BCUT2D eigenvalue weighted by Gasteiger charge is 2.25. The highest BCUT2D eigenvalue weighted by atomic mass is 32.1. The molecule has 7 heteroatoms. The lowest BCUT2D eigenvalue weighted by Gasteiger charge is -2.23. The normalized spacial score (nSPS) is 15.4. The molecule has 1 aliphatic carbocycles. The first-order valence-corrected chi connectivity index (χ1v) is 12.9. The first-order valence-electron chi connectivity index (χ1n) is 12.1. The lowest BCUT2D eigenvalue weighted by molar-refractivity contribution is 0.462. The fourth-order valence-corrected chi connectivity index (χ4v) is 6.18. The SMILES string of the molecule is O=c1c2c3c(sc2ncn1CCc1ccccc1)CC(NCc1cccc(-n2cccn2)c1)CC3. The number of aryl methyl sites for hydroxylation is 3. The van der Waals surface area contributed by atoms with E-state index in [1.165, 1.54) is 21.6 Å². The van der Waals surface area contributed by atoms with Gasteiger partial charge in [0.05, 0.1) is 17.4 Å². The third-order valence-corrected chi connectivity index (χ3v) is 7.96. The summed E-state index contributed by atoms with van der Waals surface area (Å²) in [6, 6.07) is 21.1. The van der Waals surface area contributed by atoms with Crippen molar-refractivity contribution in [2.24, 2.45) is 0 Å². The van der Waals surface area contributed by atoms with Crippen molar-refractivity contribution in [3.05, 3.63) is 111 Å². The van der Waals surface area contributed by atoms with E-state index in [9.17, 15) is 4.79 Å². The number of benzene rings is 2. The van der Waals surface area contributed by atoms with Gasteiger partial charge in [0.2, 0.25) is 0 Å². The standard InChI is InChI=1S/C28H27N5OS/c34-28-26-24-11-10-22(29-18-21-8-4-9-23(16-21)33-14-5-13-31-33)17-25(24)35-27(26)30-19-32(28)15-12-20-6-2-1-3-7-20/h1-9,13-14,16,19,22,29H,10-12,15,17-18H2. The van der Waals surface area contributed by atoms with Crippen molar-refractivity contribution < 1.29 is 0 Å². The maximum atomic E-state index is 13.3. The molecule has 0 saturated carbocycles. The topological polar surface area (TPSA) is 64.7 Å². The molecular formula is C28H27N5OS. The minimum atomic E-state index is 0.102. The van der Waals surface area contributed by atoms with E-state index < -0.39 is 0 Å². The van der Waals surface area contributed by atoms with E-state index in [0.29, 0.717) is 12.6 Å². The number of nitrogens with zero attached hydrogens (tertiary/aromatic N) is 4. The van der Waals surface area contributed by atoms with Gasteiger partial charge in [0.15, 0.2) is 0 Å². The molecule has 35 heavy (non-hydrogen) atoms. The predicted octanol–water partition coefficient (Wildman–Crippen LogP) is 4.53. The summed E-state index contributed by atoms with van der Waals surface area (Å²) in [5.41, 5.74) is 4.86. The molecule has 0 radical (unpaired) electrons. The fraction of sp³-hybridized carbons (Fsp3) is 0.250. The molecule has 1 aliphatic rings. The van der Waals surface area contributed by atoms with Gasteiger partial charge >= 0.3 is 0 Å². The summed E-state index contributed by atoms with van der Waals surface area (Å²) in [6.07, 6.45) is 9.18. The van der Waals surface area contributed by atoms with Gasteiger partial charge in [0.25, 0.3) is 5.56 Å². The Balaban J connectivity index is 1.15. The van der Waals surface area contributed by atoms with Crippen molar-refractivity contribution in [3.8, 4) is 5.69 Å². The number of rotatable bonds is 7. The summed E-state index contributed by atoms with van der Waals surface area (Å²) in [5, 5.41) is 8.90. The quantitative estimate of drug-likeness (QED) is 0.371. The van der Waals surface area contributed by atoms with Crippen LogP contribution < -0.4 is 10.9 Å². The maximum Gasteiger partial charge on any atom is 0.262 e. The molecule has 6 nitrogen and oxygen atoms in total. The minimum Gasteiger partial charge on any atom is -0.310 e. The van der Waals surface area contributed by atoms with Crippen LogP contribution in [0.1, 0.15) is 28.0 Å². The third kappa shape index (κ3) is 4.57. The number of thiophene rings is 1. The molecule has 1 N–H and O–H groups in total. The van der Waals surface area contributed by atoms with E-state index in [-0.39, 0.29) is 5.56 Å². The van der Waals surface area contributed by atoms with Crippen LogP contribution >= 0.6 is 11.3 Å². The Morgan fingerprint density at radius 2 is 1.94 bits per heavy atom. The van der Waals surface area contributed by atoms with Crippen LogP contribution in [0.25, 0.3) is 15.9 Å². The summed E-state index contributed by atoms with van der Waals surface area (Å²) in [5.74, 6) is 0. The molecule has 2 aromatic carbocycles. The average Bonchev–Trinajstić information content (AvgIpc) is 3.56. The average molecular weight is 482 g/mol. The summed E-state index contributed by atoms with van der Waals surface area (Å²) >= 11 is 1.69. The van der Waals surface area contributed by atoms with Crippen molar-refractivity contribution >= 4 is 21.6 Å². The van der Waals surface area contributed by atoms with Crippen LogP contribution in [0.3, 0.4) is 0 Å². The van der Waals surface area contributed by atoms with E-state index >= 15 is 0 Å². The van der Waals surface area contributed by atoms with Crippen LogP contribution in [-0.4, -0.2) is 25.4 Å². The van der Waals surface area contributed by atoms with E-state index in [1.54, 1.807) is 28.4 Å². The van der Waals surface area contributed by atoms with Gasteiger partial charge in [-0.3, -0.25) is 9.36 Å². The monoisotopic (exact) mass is 481 g/mol. The maximum absolute atomic E-state index is 13.3. The van der Waals surface area contributed by atoms with Crippen molar-refractivity contribution in [3.63, 3.8) is 0 Å². The van der Waals surface area contributed by atoms with Crippen LogP contribution in [-0.2, 0) is 32.4 Å². The molecule has 0 amide bonds. The predicted molar refractivity (Wildman–Crippen MR) is 140 cm³/mol. The largest absolute Gasteiger partial charge is 0.310 e. The lowest BCUT2D eigenvalue weighted by Crippen LogP contribution is -2.33. The van der Waals surface area contributed by atoms with E-state index in [1.807, 2.05) is 35.1 Å². The van der Waals surface area contributed by atoms with Crippen LogP contribution in [0.2, 0.25) is 0 Å². The molecule has 0 bridgehead atoms. The molecule has 176 valence electrons. The molecule has 3 heterocycles. The van der Waals surface area contributed by atoms with Gasteiger partial charge in [-0.2, -0.15) is 5.10 Å². The fourth-order valence-electron chi connectivity index (χ4n) is 4.92. The van der Waals surface area contributed by atoms with Gasteiger partial charge in [-0.05, 0) is 60.6 Å². The number of aromatic nitrogens is 4. The van der Waals surface area contributed by atoms with Crippen molar-refractivity contribution in [2.75, 3.05) is 0 Å². The molecule has 6 rings (SSSR count). The van der Waals surface area contributed by atoms with Gasteiger partial charge in [-0.15, -0.1) is 11.3 Å². The summed E-state index contributed by atoms with van der Waals surface area (Å²) in [4.78, 5) is 20.2. The van der Waals surface area contributed by atoms with Crippen LogP contribution in [0.5, 0.6) is 0 Å². The second kappa shape index (κ2) is 9.60. The Labute approximate surface area is 207 Å². The second-order valence-electron chi connectivity index (χ2n) is 9.10. The molecule has 0 fully saturated rings. The number of hydrogen-bond acceptors (Lipinski definition) is 5. The Morgan fingerprint density at radius 3 is 2.80 bits per heavy atom. The van der Waals surface area contributed by atoms with Gasteiger partial charge in [-0.25, -0.2) is 9.67 Å². The van der Waals surface area contributed by atoms with Crippen molar-refractivity contribution in [1.82, 2.24) is 24.6 Å². The Hall–Kier alpha value is -3.55. The molecule has 3 aromatic heterocycles.